The smallest absolute Gasteiger partial charge is 0.303 e. The molecule has 0 saturated heterocycles. The van der Waals surface area contributed by atoms with Gasteiger partial charge in [0.2, 0.25) is 5.91 Å². The number of carbonyl (C=O) groups excluding carboxylic acids is 1. The van der Waals surface area contributed by atoms with Gasteiger partial charge in [0.05, 0.1) is 13.5 Å². The van der Waals surface area contributed by atoms with Gasteiger partial charge in [-0.1, -0.05) is 30.3 Å². The molecule has 0 radical (unpaired) electrons. The third kappa shape index (κ3) is 5.60. The number of carboxylic acid groups (broad SMARTS) is 1. The van der Waals surface area contributed by atoms with Crippen LogP contribution in [0.5, 0.6) is 5.75 Å². The second kappa shape index (κ2) is 8.82. The minimum Gasteiger partial charge on any atom is -0.497 e. The number of methoxy groups -OCH3 is 1. The lowest BCUT2D eigenvalue weighted by Crippen LogP contribution is -2.25. The summed E-state index contributed by atoms with van der Waals surface area (Å²) in [4.78, 5) is 23.3. The average molecular weight is 345 g/mol. The highest BCUT2D eigenvalue weighted by atomic mass is 19.1. The number of carbonyl (C=O) groups is 2. The van der Waals surface area contributed by atoms with Gasteiger partial charge in [0.25, 0.3) is 0 Å². The molecule has 0 bridgehead atoms. The summed E-state index contributed by atoms with van der Waals surface area (Å²) < 4.78 is 18.6. The maximum absolute atomic E-state index is 13.6. The summed E-state index contributed by atoms with van der Waals surface area (Å²) in [6.07, 6.45) is -0.160. The number of hydrogen-bond donors (Lipinski definition) is 2. The largest absolute Gasteiger partial charge is 0.497 e. The SMILES string of the molecule is COc1ccc([C@@H](CC(=O)O)CC(=O)NCc2ccccc2F)cc1. The van der Waals surface area contributed by atoms with Crippen LogP contribution in [0.3, 0.4) is 0 Å². The molecule has 0 unspecified atom stereocenters. The predicted octanol–water partition coefficient (Wildman–Crippen LogP) is 3.10. The van der Waals surface area contributed by atoms with Crippen LogP contribution in [0.15, 0.2) is 48.5 Å². The van der Waals surface area contributed by atoms with E-state index in [0.29, 0.717) is 11.3 Å². The zero-order valence-corrected chi connectivity index (χ0v) is 13.9. The van der Waals surface area contributed by atoms with Gasteiger partial charge in [0.15, 0.2) is 0 Å². The Bertz CT molecular complexity index is 730. The summed E-state index contributed by atoms with van der Waals surface area (Å²) in [5, 5.41) is 11.7. The van der Waals surface area contributed by atoms with Crippen molar-refractivity contribution in [3.05, 3.63) is 65.5 Å². The number of amides is 1. The van der Waals surface area contributed by atoms with Crippen molar-refractivity contribution in [1.29, 1.82) is 0 Å². The number of hydrogen-bond acceptors (Lipinski definition) is 3. The van der Waals surface area contributed by atoms with E-state index in [0.717, 1.165) is 5.56 Å². The molecule has 1 amide bonds. The first-order valence-electron chi connectivity index (χ1n) is 7.85. The molecule has 0 aromatic heterocycles. The molecule has 0 spiro atoms. The number of benzene rings is 2. The van der Waals surface area contributed by atoms with Crippen molar-refractivity contribution in [3.63, 3.8) is 0 Å². The highest BCUT2D eigenvalue weighted by molar-refractivity contribution is 5.78. The van der Waals surface area contributed by atoms with Crippen molar-refractivity contribution >= 4 is 11.9 Å². The molecular formula is C19H20FNO4. The Kier molecular flexibility index (Phi) is 6.51. The van der Waals surface area contributed by atoms with Gasteiger partial charge in [-0.2, -0.15) is 0 Å². The van der Waals surface area contributed by atoms with E-state index in [-0.39, 0.29) is 31.1 Å². The van der Waals surface area contributed by atoms with Crippen LogP contribution in [0.4, 0.5) is 4.39 Å². The van der Waals surface area contributed by atoms with Crippen molar-refractivity contribution in [2.24, 2.45) is 0 Å². The van der Waals surface area contributed by atoms with Crippen molar-refractivity contribution in [3.8, 4) is 5.75 Å². The average Bonchev–Trinajstić information content (AvgIpc) is 2.60. The minimum atomic E-state index is -0.984. The van der Waals surface area contributed by atoms with Gasteiger partial charge in [-0.15, -0.1) is 0 Å². The Morgan fingerprint density at radius 2 is 1.80 bits per heavy atom. The third-order valence-electron chi connectivity index (χ3n) is 3.87. The van der Waals surface area contributed by atoms with Gasteiger partial charge in [-0.25, -0.2) is 4.39 Å². The van der Waals surface area contributed by atoms with Crippen LogP contribution in [0.25, 0.3) is 0 Å². The molecular weight excluding hydrogens is 325 g/mol. The van der Waals surface area contributed by atoms with Crippen LogP contribution in [0.2, 0.25) is 0 Å². The highest BCUT2D eigenvalue weighted by Crippen LogP contribution is 2.25. The summed E-state index contributed by atoms with van der Waals surface area (Å²) >= 11 is 0. The van der Waals surface area contributed by atoms with Crippen molar-refractivity contribution in [2.75, 3.05) is 7.11 Å². The monoisotopic (exact) mass is 345 g/mol. The molecule has 0 aliphatic rings. The number of aliphatic carboxylic acids is 1. The lowest BCUT2D eigenvalue weighted by Gasteiger charge is -2.16. The quantitative estimate of drug-likeness (QED) is 0.771. The van der Waals surface area contributed by atoms with Gasteiger partial charge in [-0.3, -0.25) is 9.59 Å². The molecule has 2 rings (SSSR count). The molecule has 0 heterocycles. The lowest BCUT2D eigenvalue weighted by molar-refractivity contribution is -0.137. The Balaban J connectivity index is 2.01. The zero-order valence-electron chi connectivity index (χ0n) is 13.9. The molecule has 0 saturated carbocycles. The Morgan fingerprint density at radius 3 is 2.40 bits per heavy atom. The second-order valence-electron chi connectivity index (χ2n) is 5.64. The molecule has 6 heteroatoms. The van der Waals surface area contributed by atoms with Crippen LogP contribution in [0, 0.1) is 5.82 Å². The molecule has 5 nitrogen and oxygen atoms in total. The van der Waals surface area contributed by atoms with Crippen molar-refractivity contribution in [1.82, 2.24) is 5.32 Å². The summed E-state index contributed by atoms with van der Waals surface area (Å²) in [7, 11) is 1.54. The van der Waals surface area contributed by atoms with E-state index in [9.17, 15) is 14.0 Å². The van der Waals surface area contributed by atoms with E-state index in [1.54, 1.807) is 49.6 Å². The summed E-state index contributed by atoms with van der Waals surface area (Å²) in [5.41, 5.74) is 1.12. The molecule has 0 aliphatic carbocycles. The summed E-state index contributed by atoms with van der Waals surface area (Å²) in [6.45, 7) is 0.0634. The van der Waals surface area contributed by atoms with Gasteiger partial charge in [-0.05, 0) is 23.8 Å². The fourth-order valence-corrected chi connectivity index (χ4v) is 2.53. The zero-order chi connectivity index (χ0) is 18.2. The van der Waals surface area contributed by atoms with Crippen LogP contribution in [-0.2, 0) is 16.1 Å². The molecule has 2 aromatic rings. The topological polar surface area (TPSA) is 75.6 Å². The first-order chi connectivity index (χ1) is 12.0. The van der Waals surface area contributed by atoms with E-state index in [2.05, 4.69) is 5.32 Å². The van der Waals surface area contributed by atoms with Crippen molar-refractivity contribution < 1.29 is 23.8 Å². The lowest BCUT2D eigenvalue weighted by atomic mass is 9.92. The second-order valence-corrected chi connectivity index (χ2v) is 5.64. The Morgan fingerprint density at radius 1 is 1.12 bits per heavy atom. The molecule has 25 heavy (non-hydrogen) atoms. The molecule has 0 fully saturated rings. The molecule has 1 atom stereocenters. The highest BCUT2D eigenvalue weighted by Gasteiger charge is 2.19. The van der Waals surface area contributed by atoms with Gasteiger partial charge >= 0.3 is 5.97 Å². The fraction of sp³-hybridized carbons (Fsp3) is 0.263. The molecule has 0 aliphatic heterocycles. The van der Waals surface area contributed by atoms with E-state index in [1.807, 2.05) is 0 Å². The van der Waals surface area contributed by atoms with Gasteiger partial charge < -0.3 is 15.2 Å². The van der Waals surface area contributed by atoms with Crippen molar-refractivity contribution in [2.45, 2.75) is 25.3 Å². The van der Waals surface area contributed by atoms with Crippen LogP contribution < -0.4 is 10.1 Å². The molecule has 132 valence electrons. The Hall–Kier alpha value is -2.89. The van der Waals surface area contributed by atoms with Crippen LogP contribution in [0.1, 0.15) is 29.9 Å². The first-order valence-corrected chi connectivity index (χ1v) is 7.85. The first kappa shape index (κ1) is 18.4. The number of ether oxygens (including phenoxy) is 1. The molecule has 2 N–H and O–H groups in total. The standard InChI is InChI=1S/C19H20FNO4/c1-25-16-8-6-13(7-9-16)15(11-19(23)24)10-18(22)21-12-14-4-2-3-5-17(14)20/h2-9,15H,10-12H2,1H3,(H,21,22)(H,23,24)/t15-/m1/s1. The minimum absolute atomic E-state index is 0.00703. The fourth-order valence-electron chi connectivity index (χ4n) is 2.53. The number of nitrogens with one attached hydrogen (secondary N) is 1. The van der Waals surface area contributed by atoms with Gasteiger partial charge in [0.1, 0.15) is 11.6 Å². The van der Waals surface area contributed by atoms with Crippen LogP contribution in [-0.4, -0.2) is 24.1 Å². The molecule has 2 aromatic carbocycles. The summed E-state index contributed by atoms with van der Waals surface area (Å²) in [6, 6.07) is 13.1. The number of rotatable bonds is 8. The van der Waals surface area contributed by atoms with E-state index in [1.165, 1.54) is 6.07 Å². The van der Waals surface area contributed by atoms with Gasteiger partial charge in [0, 0.05) is 24.4 Å². The third-order valence-corrected chi connectivity index (χ3v) is 3.87. The normalized spacial score (nSPS) is 11.6. The Labute approximate surface area is 145 Å². The van der Waals surface area contributed by atoms with E-state index < -0.39 is 11.9 Å². The van der Waals surface area contributed by atoms with E-state index in [4.69, 9.17) is 9.84 Å². The maximum Gasteiger partial charge on any atom is 0.303 e. The maximum atomic E-state index is 13.6. The van der Waals surface area contributed by atoms with Crippen LogP contribution >= 0.6 is 0 Å². The number of halogens is 1. The van der Waals surface area contributed by atoms with E-state index >= 15 is 0 Å². The predicted molar refractivity (Wildman–Crippen MR) is 90.9 cm³/mol. The number of carboxylic acids is 1. The summed E-state index contributed by atoms with van der Waals surface area (Å²) in [5.74, 6) is -1.51.